The van der Waals surface area contributed by atoms with Crippen LogP contribution in [0, 0.1) is 0 Å². The van der Waals surface area contributed by atoms with Gasteiger partial charge in [-0.25, -0.2) is 0 Å². The smallest absolute Gasteiger partial charge is 0.248 e. The largest absolute Gasteiger partial charge is 0.370 e. The molecule has 98 valence electrons. The molecule has 2 amide bonds. The third kappa shape index (κ3) is 4.55. The zero-order valence-electron chi connectivity index (χ0n) is 10.7. The van der Waals surface area contributed by atoms with E-state index >= 15 is 0 Å². The molecule has 5 heteroatoms. The van der Waals surface area contributed by atoms with Gasteiger partial charge in [0.2, 0.25) is 11.8 Å². The highest BCUT2D eigenvalue weighted by Gasteiger charge is 2.19. The fourth-order valence-corrected chi connectivity index (χ4v) is 1.67. The average Bonchev–Trinajstić information content (AvgIpc) is 2.25. The summed E-state index contributed by atoms with van der Waals surface area (Å²) in [6, 6.07) is 7.06. The van der Waals surface area contributed by atoms with Crippen LogP contribution in [-0.2, 0) is 11.3 Å². The maximum atomic E-state index is 11.0. The average molecular weight is 249 g/mol. The van der Waals surface area contributed by atoms with E-state index in [4.69, 9.17) is 11.5 Å². The molecule has 0 saturated heterocycles. The van der Waals surface area contributed by atoms with Crippen LogP contribution in [0.3, 0.4) is 0 Å². The van der Waals surface area contributed by atoms with Gasteiger partial charge < -0.3 is 16.8 Å². The highest BCUT2D eigenvalue weighted by Crippen LogP contribution is 2.10. The van der Waals surface area contributed by atoms with Crippen molar-refractivity contribution >= 4 is 11.8 Å². The summed E-state index contributed by atoms with van der Waals surface area (Å²) in [5.41, 5.74) is 11.4. The van der Waals surface area contributed by atoms with Crippen molar-refractivity contribution in [3.63, 3.8) is 0 Å². The number of carbonyl (C=O) groups excluding carboxylic acids is 2. The fraction of sp³-hybridized carbons (Fsp3) is 0.385. The Kier molecular flexibility index (Phi) is 4.44. The van der Waals surface area contributed by atoms with Crippen molar-refractivity contribution in [2.24, 2.45) is 11.5 Å². The number of nitrogens with two attached hydrogens (primary N) is 2. The first-order chi connectivity index (χ1) is 8.30. The zero-order valence-corrected chi connectivity index (χ0v) is 10.7. The summed E-state index contributed by atoms with van der Waals surface area (Å²) in [5, 5.41) is 3.22. The number of benzene rings is 1. The molecule has 1 aromatic carbocycles. The number of primary amides is 2. The molecule has 5 N–H and O–H groups in total. The number of amides is 2. The molecule has 0 aliphatic rings. The summed E-state index contributed by atoms with van der Waals surface area (Å²) in [7, 11) is 0. The molecule has 0 aliphatic heterocycles. The molecular weight excluding hydrogens is 230 g/mol. The predicted octanol–water partition coefficient (Wildman–Crippen LogP) is 0.529. The third-order valence-corrected chi connectivity index (χ3v) is 2.60. The van der Waals surface area contributed by atoms with Crippen molar-refractivity contribution in [2.75, 3.05) is 0 Å². The Balaban J connectivity index is 2.66. The van der Waals surface area contributed by atoms with Crippen LogP contribution >= 0.6 is 0 Å². The van der Waals surface area contributed by atoms with Crippen molar-refractivity contribution < 1.29 is 9.59 Å². The van der Waals surface area contributed by atoms with Gasteiger partial charge >= 0.3 is 0 Å². The normalized spacial score (nSPS) is 11.2. The van der Waals surface area contributed by atoms with Gasteiger partial charge in [0.25, 0.3) is 0 Å². The highest BCUT2D eigenvalue weighted by atomic mass is 16.1. The van der Waals surface area contributed by atoms with Crippen LogP contribution in [0.25, 0.3) is 0 Å². The number of carbonyl (C=O) groups is 2. The molecule has 0 atom stereocenters. The minimum atomic E-state index is -0.451. The second kappa shape index (κ2) is 5.64. The van der Waals surface area contributed by atoms with Crippen molar-refractivity contribution in [3.8, 4) is 0 Å². The maximum absolute atomic E-state index is 11.0. The maximum Gasteiger partial charge on any atom is 0.248 e. The van der Waals surface area contributed by atoms with Gasteiger partial charge in [0.05, 0.1) is 0 Å². The molecule has 0 bridgehead atoms. The van der Waals surface area contributed by atoms with Crippen LogP contribution in [0.15, 0.2) is 24.3 Å². The summed E-state index contributed by atoms with van der Waals surface area (Å²) in [6.45, 7) is 4.34. The van der Waals surface area contributed by atoms with Gasteiger partial charge in [-0.1, -0.05) is 12.1 Å². The second-order valence-corrected chi connectivity index (χ2v) is 4.95. The molecule has 0 unspecified atom stereocenters. The Hall–Kier alpha value is -1.88. The Labute approximate surface area is 107 Å². The van der Waals surface area contributed by atoms with Gasteiger partial charge in [-0.2, -0.15) is 0 Å². The van der Waals surface area contributed by atoms with Crippen molar-refractivity contribution in [2.45, 2.75) is 32.4 Å². The first kappa shape index (κ1) is 14.2. The van der Waals surface area contributed by atoms with E-state index in [0.717, 1.165) is 5.56 Å². The first-order valence-electron chi connectivity index (χ1n) is 5.72. The minimum Gasteiger partial charge on any atom is -0.370 e. The van der Waals surface area contributed by atoms with Gasteiger partial charge in [0.15, 0.2) is 0 Å². The lowest BCUT2D eigenvalue weighted by Gasteiger charge is -2.25. The van der Waals surface area contributed by atoms with Gasteiger partial charge in [-0.15, -0.1) is 0 Å². The van der Waals surface area contributed by atoms with Gasteiger partial charge in [0.1, 0.15) is 0 Å². The zero-order chi connectivity index (χ0) is 13.8. The molecule has 1 rings (SSSR count). The van der Waals surface area contributed by atoms with Crippen LogP contribution in [0.5, 0.6) is 0 Å². The number of nitrogens with one attached hydrogen (secondary N) is 1. The van der Waals surface area contributed by atoms with Gasteiger partial charge in [-0.3, -0.25) is 9.59 Å². The third-order valence-electron chi connectivity index (χ3n) is 2.60. The lowest BCUT2D eigenvalue weighted by atomic mass is 9.99. The van der Waals surface area contributed by atoms with Crippen LogP contribution < -0.4 is 16.8 Å². The Morgan fingerprint density at radius 2 is 1.94 bits per heavy atom. The molecular formula is C13H19N3O2. The molecule has 0 fully saturated rings. The Morgan fingerprint density at radius 1 is 1.28 bits per heavy atom. The molecule has 5 nitrogen and oxygen atoms in total. The number of rotatable bonds is 6. The van der Waals surface area contributed by atoms with E-state index in [1.807, 2.05) is 19.9 Å². The molecule has 0 spiro atoms. The molecule has 1 aromatic rings. The van der Waals surface area contributed by atoms with E-state index in [9.17, 15) is 9.59 Å². The van der Waals surface area contributed by atoms with E-state index in [2.05, 4.69) is 5.32 Å². The number of hydrogen-bond acceptors (Lipinski definition) is 3. The topological polar surface area (TPSA) is 98.2 Å². The predicted molar refractivity (Wildman–Crippen MR) is 69.7 cm³/mol. The summed E-state index contributed by atoms with van der Waals surface area (Å²) in [6.07, 6.45) is 0.252. The van der Waals surface area contributed by atoms with Gasteiger partial charge in [-0.05, 0) is 31.5 Å². The van der Waals surface area contributed by atoms with E-state index in [0.29, 0.717) is 12.1 Å². The standard InChI is InChI=1S/C13H19N3O2/c1-13(2,7-11(14)17)16-8-9-4-3-5-10(6-9)12(15)18/h3-6,16H,7-8H2,1-2H3,(H2,14,17)(H2,15,18). The summed E-state index contributed by atoms with van der Waals surface area (Å²) >= 11 is 0. The van der Waals surface area contributed by atoms with Crippen LogP contribution in [0.2, 0.25) is 0 Å². The monoisotopic (exact) mass is 249 g/mol. The molecule has 0 aromatic heterocycles. The van der Waals surface area contributed by atoms with Crippen LogP contribution in [-0.4, -0.2) is 17.4 Å². The van der Waals surface area contributed by atoms with Crippen molar-refractivity contribution in [1.29, 1.82) is 0 Å². The molecule has 0 heterocycles. The lowest BCUT2D eigenvalue weighted by Crippen LogP contribution is -2.42. The lowest BCUT2D eigenvalue weighted by molar-refractivity contribution is -0.119. The van der Waals surface area contributed by atoms with Gasteiger partial charge in [0, 0.05) is 24.1 Å². The molecule has 18 heavy (non-hydrogen) atoms. The fourth-order valence-electron chi connectivity index (χ4n) is 1.67. The molecule has 0 aliphatic carbocycles. The van der Waals surface area contributed by atoms with E-state index < -0.39 is 5.91 Å². The van der Waals surface area contributed by atoms with E-state index in [-0.39, 0.29) is 17.9 Å². The highest BCUT2D eigenvalue weighted by molar-refractivity contribution is 5.92. The Morgan fingerprint density at radius 3 is 2.50 bits per heavy atom. The Bertz CT molecular complexity index is 455. The SMILES string of the molecule is CC(C)(CC(N)=O)NCc1cccc(C(N)=O)c1. The van der Waals surface area contributed by atoms with E-state index in [1.54, 1.807) is 18.2 Å². The molecule has 0 saturated carbocycles. The quantitative estimate of drug-likeness (QED) is 0.685. The minimum absolute atomic E-state index is 0.252. The second-order valence-electron chi connectivity index (χ2n) is 4.95. The van der Waals surface area contributed by atoms with Crippen LogP contribution in [0.1, 0.15) is 36.2 Å². The first-order valence-corrected chi connectivity index (χ1v) is 5.72. The summed E-state index contributed by atoms with van der Waals surface area (Å²) in [4.78, 5) is 21.9. The van der Waals surface area contributed by atoms with Crippen molar-refractivity contribution in [3.05, 3.63) is 35.4 Å². The summed E-state index contributed by atoms with van der Waals surface area (Å²) < 4.78 is 0. The van der Waals surface area contributed by atoms with E-state index in [1.165, 1.54) is 0 Å². The molecule has 0 radical (unpaired) electrons. The van der Waals surface area contributed by atoms with Crippen LogP contribution in [0.4, 0.5) is 0 Å². The van der Waals surface area contributed by atoms with Crippen molar-refractivity contribution in [1.82, 2.24) is 5.32 Å². The number of hydrogen-bond donors (Lipinski definition) is 3. The summed E-state index contributed by atoms with van der Waals surface area (Å²) in [5.74, 6) is -0.799.